The first-order chi connectivity index (χ1) is 9.60. The van der Waals surface area contributed by atoms with Crippen LogP contribution in [0.15, 0.2) is 28.8 Å². The Morgan fingerprint density at radius 2 is 2.20 bits per heavy atom. The van der Waals surface area contributed by atoms with E-state index in [1.54, 1.807) is 6.07 Å². The number of ether oxygens (including phenoxy) is 1. The standard InChI is InChI=1S/C14H15FN2O3/c1-9-5-11(17-20-9)8-16-7-10-3-4-12(13(15)6-10)14(18)19-2/h3-6,16H,7-8H2,1-2H3. The van der Waals surface area contributed by atoms with E-state index in [1.807, 2.05) is 13.0 Å². The molecular weight excluding hydrogens is 263 g/mol. The van der Waals surface area contributed by atoms with Gasteiger partial charge in [0, 0.05) is 19.2 Å². The summed E-state index contributed by atoms with van der Waals surface area (Å²) in [6.45, 7) is 2.80. The second-order valence-electron chi connectivity index (χ2n) is 4.34. The van der Waals surface area contributed by atoms with Crippen LogP contribution in [-0.2, 0) is 17.8 Å². The van der Waals surface area contributed by atoms with Gasteiger partial charge in [0.1, 0.15) is 11.6 Å². The van der Waals surface area contributed by atoms with Crippen LogP contribution < -0.4 is 5.32 Å². The van der Waals surface area contributed by atoms with Crippen LogP contribution in [0.5, 0.6) is 0 Å². The normalized spacial score (nSPS) is 10.6. The molecule has 0 aliphatic heterocycles. The molecule has 2 aromatic rings. The van der Waals surface area contributed by atoms with Crippen LogP contribution in [-0.4, -0.2) is 18.2 Å². The van der Waals surface area contributed by atoms with E-state index in [-0.39, 0.29) is 5.56 Å². The minimum atomic E-state index is -0.680. The zero-order valence-electron chi connectivity index (χ0n) is 11.3. The van der Waals surface area contributed by atoms with Gasteiger partial charge in [0.05, 0.1) is 18.4 Å². The summed E-state index contributed by atoms with van der Waals surface area (Å²) in [5.41, 5.74) is 1.45. The summed E-state index contributed by atoms with van der Waals surface area (Å²) in [7, 11) is 1.22. The number of carbonyl (C=O) groups excluding carboxylic acids is 1. The predicted octanol–water partition coefficient (Wildman–Crippen LogP) is 2.20. The lowest BCUT2D eigenvalue weighted by atomic mass is 10.1. The lowest BCUT2D eigenvalue weighted by Crippen LogP contribution is -2.13. The summed E-state index contributed by atoms with van der Waals surface area (Å²) in [4.78, 5) is 11.3. The Balaban J connectivity index is 1.93. The molecule has 0 unspecified atom stereocenters. The maximum Gasteiger partial charge on any atom is 0.340 e. The highest BCUT2D eigenvalue weighted by Crippen LogP contribution is 2.12. The highest BCUT2D eigenvalue weighted by atomic mass is 19.1. The highest BCUT2D eigenvalue weighted by Gasteiger charge is 2.12. The number of nitrogens with zero attached hydrogens (tertiary/aromatic N) is 1. The van der Waals surface area contributed by atoms with Gasteiger partial charge in [0.2, 0.25) is 0 Å². The van der Waals surface area contributed by atoms with Gasteiger partial charge in [-0.15, -0.1) is 0 Å². The van der Waals surface area contributed by atoms with Crippen LogP contribution in [0, 0.1) is 12.7 Å². The van der Waals surface area contributed by atoms with Crippen molar-refractivity contribution in [1.82, 2.24) is 10.5 Å². The molecule has 6 heteroatoms. The van der Waals surface area contributed by atoms with Gasteiger partial charge in [0.15, 0.2) is 0 Å². The zero-order valence-corrected chi connectivity index (χ0v) is 11.3. The monoisotopic (exact) mass is 278 g/mol. The van der Waals surface area contributed by atoms with Gasteiger partial charge in [-0.1, -0.05) is 11.2 Å². The second kappa shape index (κ2) is 6.29. The van der Waals surface area contributed by atoms with Crippen LogP contribution in [0.1, 0.15) is 27.4 Å². The average molecular weight is 278 g/mol. The summed E-state index contributed by atoms with van der Waals surface area (Å²) in [5.74, 6) is -0.524. The number of halogens is 1. The van der Waals surface area contributed by atoms with Crippen molar-refractivity contribution in [3.63, 3.8) is 0 Å². The lowest BCUT2D eigenvalue weighted by molar-refractivity contribution is 0.0595. The van der Waals surface area contributed by atoms with E-state index in [0.29, 0.717) is 13.1 Å². The SMILES string of the molecule is COC(=O)c1ccc(CNCc2cc(C)on2)cc1F. The molecule has 0 bridgehead atoms. The molecule has 5 nitrogen and oxygen atoms in total. The molecule has 0 radical (unpaired) electrons. The largest absolute Gasteiger partial charge is 0.465 e. The quantitative estimate of drug-likeness (QED) is 0.849. The van der Waals surface area contributed by atoms with E-state index in [9.17, 15) is 9.18 Å². The molecule has 1 aromatic heterocycles. The van der Waals surface area contributed by atoms with Crippen LogP contribution in [0.4, 0.5) is 4.39 Å². The van der Waals surface area contributed by atoms with E-state index >= 15 is 0 Å². The number of methoxy groups -OCH3 is 1. The lowest BCUT2D eigenvalue weighted by Gasteiger charge is -2.05. The molecule has 1 N–H and O–H groups in total. The molecule has 1 heterocycles. The summed E-state index contributed by atoms with van der Waals surface area (Å²) in [6, 6.07) is 6.23. The van der Waals surface area contributed by atoms with Crippen LogP contribution in [0.2, 0.25) is 0 Å². The molecule has 0 fully saturated rings. The fourth-order valence-corrected chi connectivity index (χ4v) is 1.78. The molecule has 1 aromatic carbocycles. The van der Waals surface area contributed by atoms with Crippen molar-refractivity contribution in [3.05, 3.63) is 52.7 Å². The molecule has 0 saturated carbocycles. The van der Waals surface area contributed by atoms with Crippen LogP contribution in [0.25, 0.3) is 0 Å². The van der Waals surface area contributed by atoms with Gasteiger partial charge in [-0.05, 0) is 24.6 Å². The first-order valence-corrected chi connectivity index (χ1v) is 6.10. The third-order valence-corrected chi connectivity index (χ3v) is 2.75. The van der Waals surface area contributed by atoms with Gasteiger partial charge in [-0.2, -0.15) is 0 Å². The Labute approximate surface area is 115 Å². The number of hydrogen-bond acceptors (Lipinski definition) is 5. The van der Waals surface area contributed by atoms with Crippen LogP contribution in [0.3, 0.4) is 0 Å². The minimum absolute atomic E-state index is 0.0663. The Kier molecular flexibility index (Phi) is 4.47. The van der Waals surface area contributed by atoms with Crippen molar-refractivity contribution in [1.29, 1.82) is 0 Å². The van der Waals surface area contributed by atoms with Gasteiger partial charge < -0.3 is 14.6 Å². The summed E-state index contributed by atoms with van der Waals surface area (Å²) in [5, 5.41) is 6.96. The number of aromatic nitrogens is 1. The van der Waals surface area contributed by atoms with E-state index < -0.39 is 11.8 Å². The van der Waals surface area contributed by atoms with Crippen molar-refractivity contribution >= 4 is 5.97 Å². The Morgan fingerprint density at radius 3 is 2.80 bits per heavy atom. The van der Waals surface area contributed by atoms with Crippen molar-refractivity contribution in [2.45, 2.75) is 20.0 Å². The smallest absolute Gasteiger partial charge is 0.340 e. The molecule has 0 aliphatic rings. The summed E-state index contributed by atoms with van der Waals surface area (Å²) in [6.07, 6.45) is 0. The Hall–Kier alpha value is -2.21. The van der Waals surface area contributed by atoms with Gasteiger partial charge in [0.25, 0.3) is 0 Å². The molecule has 0 atom stereocenters. The number of nitrogens with one attached hydrogen (secondary N) is 1. The van der Waals surface area contributed by atoms with Crippen molar-refractivity contribution in [2.75, 3.05) is 7.11 Å². The third-order valence-electron chi connectivity index (χ3n) is 2.75. The maximum absolute atomic E-state index is 13.7. The van der Waals surface area contributed by atoms with Crippen LogP contribution >= 0.6 is 0 Å². The van der Waals surface area contributed by atoms with Crippen molar-refractivity contribution in [2.24, 2.45) is 0 Å². The Bertz CT molecular complexity index is 610. The molecular formula is C14H15FN2O3. The number of rotatable bonds is 5. The topological polar surface area (TPSA) is 64.4 Å². The second-order valence-corrected chi connectivity index (χ2v) is 4.34. The molecule has 0 saturated heterocycles. The van der Waals surface area contributed by atoms with E-state index in [2.05, 4.69) is 15.2 Å². The molecule has 0 spiro atoms. The molecule has 20 heavy (non-hydrogen) atoms. The third kappa shape index (κ3) is 3.42. The highest BCUT2D eigenvalue weighted by molar-refractivity contribution is 5.89. The first-order valence-electron chi connectivity index (χ1n) is 6.10. The average Bonchev–Trinajstić information content (AvgIpc) is 2.84. The van der Waals surface area contributed by atoms with E-state index in [1.165, 1.54) is 19.2 Å². The van der Waals surface area contributed by atoms with Crippen molar-refractivity contribution in [3.8, 4) is 0 Å². The van der Waals surface area contributed by atoms with Gasteiger partial charge in [-0.25, -0.2) is 9.18 Å². The number of benzene rings is 1. The molecule has 0 amide bonds. The Morgan fingerprint density at radius 1 is 1.40 bits per heavy atom. The zero-order chi connectivity index (χ0) is 14.5. The summed E-state index contributed by atoms with van der Waals surface area (Å²) < 4.78 is 23.1. The molecule has 106 valence electrons. The fraction of sp³-hybridized carbons (Fsp3) is 0.286. The van der Waals surface area contributed by atoms with Gasteiger partial charge in [-0.3, -0.25) is 0 Å². The molecule has 2 rings (SSSR count). The van der Waals surface area contributed by atoms with Gasteiger partial charge >= 0.3 is 5.97 Å². The number of hydrogen-bond donors (Lipinski definition) is 1. The summed E-state index contributed by atoms with van der Waals surface area (Å²) >= 11 is 0. The maximum atomic E-state index is 13.7. The number of aryl methyl sites for hydroxylation is 1. The number of esters is 1. The predicted molar refractivity (Wildman–Crippen MR) is 69.5 cm³/mol. The molecule has 0 aliphatic carbocycles. The van der Waals surface area contributed by atoms with Crippen molar-refractivity contribution < 1.29 is 18.4 Å². The first kappa shape index (κ1) is 14.2. The van der Waals surface area contributed by atoms with E-state index in [0.717, 1.165) is 17.0 Å². The van der Waals surface area contributed by atoms with E-state index in [4.69, 9.17) is 4.52 Å². The minimum Gasteiger partial charge on any atom is -0.465 e. The fourth-order valence-electron chi connectivity index (χ4n) is 1.78. The number of carbonyl (C=O) groups is 1.